The zero-order valence-corrected chi connectivity index (χ0v) is 14.3. The van der Waals surface area contributed by atoms with Gasteiger partial charge in [-0.3, -0.25) is 0 Å². The van der Waals surface area contributed by atoms with Gasteiger partial charge >= 0.3 is 17.9 Å². The molecule has 0 amide bonds. The molecule has 1 aliphatic rings. The summed E-state index contributed by atoms with van der Waals surface area (Å²) in [4.78, 5) is 36.3. The first-order chi connectivity index (χ1) is 11.1. The van der Waals surface area contributed by atoms with E-state index in [1.165, 1.54) is 20.8 Å². The van der Waals surface area contributed by atoms with Crippen LogP contribution in [0.1, 0.15) is 40.5 Å². The van der Waals surface area contributed by atoms with Gasteiger partial charge in [0.2, 0.25) is 0 Å². The van der Waals surface area contributed by atoms with E-state index in [0.29, 0.717) is 0 Å². The van der Waals surface area contributed by atoms with E-state index in [1.54, 1.807) is 6.92 Å². The molecule has 1 saturated heterocycles. The predicted octanol–water partition coefficient (Wildman–Crippen LogP) is -0.336. The van der Waals surface area contributed by atoms with Crippen molar-refractivity contribution >= 4 is 17.9 Å². The lowest BCUT2D eigenvalue weighted by molar-refractivity contribution is -0.311. The zero-order valence-electron chi connectivity index (χ0n) is 14.3. The Kier molecular flexibility index (Phi) is 6.32. The van der Waals surface area contributed by atoms with Crippen LogP contribution in [0.25, 0.3) is 0 Å². The van der Waals surface area contributed by atoms with Gasteiger partial charge in [0.05, 0.1) is 26.2 Å². The minimum absolute atomic E-state index is 0.00739. The molecule has 0 bridgehead atoms. The third-order valence-electron chi connectivity index (χ3n) is 3.51. The van der Waals surface area contributed by atoms with Crippen LogP contribution in [0.3, 0.4) is 0 Å². The number of aliphatic hydroxyl groups is 2. The van der Waals surface area contributed by atoms with Gasteiger partial charge in [-0.1, -0.05) is 0 Å². The van der Waals surface area contributed by atoms with E-state index < -0.39 is 47.7 Å². The lowest BCUT2D eigenvalue weighted by Gasteiger charge is -2.46. The number of hydrogen-bond acceptors (Lipinski definition) is 9. The van der Waals surface area contributed by atoms with Crippen LogP contribution >= 0.6 is 0 Å². The minimum Gasteiger partial charge on any atom is -0.464 e. The summed E-state index contributed by atoms with van der Waals surface area (Å²) in [6.45, 7) is 5.70. The first-order valence-electron chi connectivity index (χ1n) is 7.73. The molecular weight excluding hydrogens is 324 g/mol. The summed E-state index contributed by atoms with van der Waals surface area (Å²) in [6, 6.07) is 0. The molecule has 9 heteroatoms. The first kappa shape index (κ1) is 20.3. The SMILES string of the molecule is CCOC(=O)C1(O)CC(C)(C(=O)OCC)OC(O)(C(=O)OCC)C1. The smallest absolute Gasteiger partial charge is 0.366 e. The molecule has 1 rings (SSSR count). The van der Waals surface area contributed by atoms with E-state index >= 15 is 0 Å². The van der Waals surface area contributed by atoms with Crippen molar-refractivity contribution < 1.29 is 43.5 Å². The first-order valence-corrected chi connectivity index (χ1v) is 7.73. The number of carbonyl (C=O) groups is 3. The van der Waals surface area contributed by atoms with Gasteiger partial charge in [0, 0.05) is 6.42 Å². The van der Waals surface area contributed by atoms with Crippen LogP contribution in [0, 0.1) is 0 Å². The molecule has 0 radical (unpaired) electrons. The lowest BCUT2D eigenvalue weighted by atomic mass is 9.79. The lowest BCUT2D eigenvalue weighted by Crippen LogP contribution is -2.66. The number of hydrogen-bond donors (Lipinski definition) is 2. The van der Waals surface area contributed by atoms with Crippen LogP contribution in [-0.2, 0) is 33.3 Å². The van der Waals surface area contributed by atoms with E-state index in [4.69, 9.17) is 18.9 Å². The van der Waals surface area contributed by atoms with Crippen molar-refractivity contribution in [1.82, 2.24) is 0 Å². The highest BCUT2D eigenvalue weighted by atomic mass is 16.7. The van der Waals surface area contributed by atoms with E-state index in [9.17, 15) is 24.6 Å². The topological polar surface area (TPSA) is 129 Å². The molecular formula is C15H24O9. The summed E-state index contributed by atoms with van der Waals surface area (Å²) in [5.41, 5.74) is -4.27. The number of rotatable bonds is 6. The predicted molar refractivity (Wildman–Crippen MR) is 78.5 cm³/mol. The molecule has 0 aromatic rings. The maximum Gasteiger partial charge on any atom is 0.366 e. The van der Waals surface area contributed by atoms with E-state index in [-0.39, 0.29) is 19.8 Å². The summed E-state index contributed by atoms with van der Waals surface area (Å²) in [5, 5.41) is 21.2. The van der Waals surface area contributed by atoms with E-state index in [2.05, 4.69) is 0 Å². The van der Waals surface area contributed by atoms with Crippen molar-refractivity contribution in [3.63, 3.8) is 0 Å². The van der Waals surface area contributed by atoms with Gasteiger partial charge in [0.25, 0.3) is 5.79 Å². The molecule has 0 aliphatic carbocycles. The maximum atomic E-state index is 12.2. The van der Waals surface area contributed by atoms with Crippen molar-refractivity contribution in [2.45, 2.75) is 57.5 Å². The van der Waals surface area contributed by atoms with Crippen LogP contribution in [0.15, 0.2) is 0 Å². The molecule has 24 heavy (non-hydrogen) atoms. The summed E-state index contributed by atoms with van der Waals surface area (Å²) in [6.07, 6.45) is -1.37. The van der Waals surface area contributed by atoms with Gasteiger partial charge in [0.1, 0.15) is 0 Å². The van der Waals surface area contributed by atoms with Crippen LogP contribution in [0.4, 0.5) is 0 Å². The van der Waals surface area contributed by atoms with Crippen molar-refractivity contribution in [2.24, 2.45) is 0 Å². The Morgan fingerprint density at radius 3 is 1.83 bits per heavy atom. The van der Waals surface area contributed by atoms with Crippen LogP contribution in [0.2, 0.25) is 0 Å². The van der Waals surface area contributed by atoms with Crippen LogP contribution in [0.5, 0.6) is 0 Å². The standard InChI is InChI=1S/C15H24O9/c1-5-21-10(16)13(4)8-14(19,11(17)22-6-2)9-15(20,24-13)12(18)23-7-3/h19-20H,5-9H2,1-4H3. The van der Waals surface area contributed by atoms with Gasteiger partial charge in [-0.05, 0) is 27.7 Å². The molecule has 3 atom stereocenters. The van der Waals surface area contributed by atoms with E-state index in [0.717, 1.165) is 0 Å². The normalized spacial score (nSPS) is 32.8. The molecule has 3 unspecified atom stereocenters. The quantitative estimate of drug-likeness (QED) is 0.489. The third-order valence-corrected chi connectivity index (χ3v) is 3.51. The Hall–Kier alpha value is -1.71. The molecule has 0 spiro atoms. The molecule has 1 fully saturated rings. The molecule has 138 valence electrons. The van der Waals surface area contributed by atoms with Crippen LogP contribution in [-0.4, -0.2) is 64.9 Å². The zero-order chi connectivity index (χ0) is 18.6. The molecule has 1 aliphatic heterocycles. The molecule has 9 nitrogen and oxygen atoms in total. The van der Waals surface area contributed by atoms with Gasteiger partial charge in [-0.2, -0.15) is 0 Å². The molecule has 0 aromatic carbocycles. The fourth-order valence-electron chi connectivity index (χ4n) is 2.63. The average molecular weight is 348 g/mol. The van der Waals surface area contributed by atoms with Gasteiger partial charge in [-0.15, -0.1) is 0 Å². The highest BCUT2D eigenvalue weighted by Gasteiger charge is 2.63. The van der Waals surface area contributed by atoms with Crippen molar-refractivity contribution in [2.75, 3.05) is 19.8 Å². The van der Waals surface area contributed by atoms with Gasteiger partial charge < -0.3 is 29.2 Å². The average Bonchev–Trinajstić information content (AvgIpc) is 2.46. The highest BCUT2D eigenvalue weighted by Crippen LogP contribution is 2.42. The number of carbonyl (C=O) groups excluding carboxylic acids is 3. The monoisotopic (exact) mass is 348 g/mol. The Morgan fingerprint density at radius 1 is 0.875 bits per heavy atom. The minimum atomic E-state index is -2.70. The third kappa shape index (κ3) is 4.03. The van der Waals surface area contributed by atoms with Crippen LogP contribution < -0.4 is 0 Å². The number of esters is 3. The second-order valence-electron chi connectivity index (χ2n) is 5.66. The molecule has 1 heterocycles. The van der Waals surface area contributed by atoms with Crippen molar-refractivity contribution in [3.05, 3.63) is 0 Å². The molecule has 0 aromatic heterocycles. The fraction of sp³-hybridized carbons (Fsp3) is 0.800. The highest BCUT2D eigenvalue weighted by molar-refractivity contribution is 5.88. The Balaban J connectivity index is 3.27. The largest absolute Gasteiger partial charge is 0.464 e. The van der Waals surface area contributed by atoms with Gasteiger partial charge in [0.15, 0.2) is 11.2 Å². The second-order valence-corrected chi connectivity index (χ2v) is 5.66. The van der Waals surface area contributed by atoms with Crippen molar-refractivity contribution in [3.8, 4) is 0 Å². The van der Waals surface area contributed by atoms with Gasteiger partial charge in [-0.25, -0.2) is 14.4 Å². The van der Waals surface area contributed by atoms with Crippen molar-refractivity contribution in [1.29, 1.82) is 0 Å². The Bertz CT molecular complexity index is 422. The fourth-order valence-corrected chi connectivity index (χ4v) is 2.63. The Labute approximate surface area is 139 Å². The summed E-state index contributed by atoms with van der Waals surface area (Å²) in [5.74, 6) is -5.93. The summed E-state index contributed by atoms with van der Waals surface area (Å²) < 4.78 is 19.6. The Morgan fingerprint density at radius 2 is 1.33 bits per heavy atom. The number of ether oxygens (including phenoxy) is 4. The van der Waals surface area contributed by atoms with E-state index in [1.807, 2.05) is 0 Å². The summed E-state index contributed by atoms with van der Waals surface area (Å²) >= 11 is 0. The second kappa shape index (κ2) is 7.45. The maximum absolute atomic E-state index is 12.2. The molecule has 0 saturated carbocycles. The summed E-state index contributed by atoms with van der Waals surface area (Å²) in [7, 11) is 0. The molecule has 2 N–H and O–H groups in total.